The van der Waals surface area contributed by atoms with Gasteiger partial charge in [0, 0.05) is 18.0 Å². The number of hydrogen-bond donors (Lipinski definition) is 2. The first kappa shape index (κ1) is 11.0. The van der Waals surface area contributed by atoms with Gasteiger partial charge in [0.25, 0.3) is 0 Å². The van der Waals surface area contributed by atoms with Crippen LogP contribution in [0.1, 0.15) is 19.3 Å². The summed E-state index contributed by atoms with van der Waals surface area (Å²) in [5.41, 5.74) is 0. The van der Waals surface area contributed by atoms with Gasteiger partial charge >= 0.3 is 0 Å². The quantitative estimate of drug-likeness (QED) is 0.875. The Morgan fingerprint density at radius 2 is 2.29 bits per heavy atom. The van der Waals surface area contributed by atoms with Crippen molar-refractivity contribution in [2.45, 2.75) is 25.3 Å². The Kier molecular flexibility index (Phi) is 3.25. The molecule has 1 fully saturated rings. The molecule has 1 aliphatic heterocycles. The second-order valence-corrected chi connectivity index (χ2v) is 5.36. The average molecular weight is 247 g/mol. The molecule has 1 aromatic carbocycles. The summed E-state index contributed by atoms with van der Waals surface area (Å²) in [6.07, 6.45) is 3.93. The molecule has 2 N–H and O–H groups in total. The van der Waals surface area contributed by atoms with Crippen molar-refractivity contribution < 1.29 is 0 Å². The van der Waals surface area contributed by atoms with E-state index in [4.69, 9.17) is 0 Å². The Labute approximate surface area is 105 Å². The van der Waals surface area contributed by atoms with Crippen molar-refractivity contribution in [3.05, 3.63) is 24.3 Å². The van der Waals surface area contributed by atoms with Crippen molar-refractivity contribution in [3.8, 4) is 0 Å². The van der Waals surface area contributed by atoms with Gasteiger partial charge in [-0.2, -0.15) is 4.37 Å². The zero-order chi connectivity index (χ0) is 11.5. The monoisotopic (exact) mass is 247 g/mol. The lowest BCUT2D eigenvalue weighted by atomic mass is 10.1. The first-order valence-electron chi connectivity index (χ1n) is 6.25. The van der Waals surface area contributed by atoms with Crippen LogP contribution in [-0.2, 0) is 0 Å². The maximum Gasteiger partial charge on any atom is 0.147 e. The van der Waals surface area contributed by atoms with Gasteiger partial charge < -0.3 is 10.6 Å². The van der Waals surface area contributed by atoms with Crippen LogP contribution in [0, 0.1) is 0 Å². The fraction of sp³-hybridized carbons (Fsp3) is 0.462. The van der Waals surface area contributed by atoms with Gasteiger partial charge in [-0.3, -0.25) is 0 Å². The standard InChI is InChI=1S/C13H17N3S/c1-2-7-12-11(6-1)13(16-17-12)15-9-10-5-3-4-8-14-10/h1-2,6-7,10,14H,3-5,8-9H2,(H,15,16). The van der Waals surface area contributed by atoms with E-state index in [9.17, 15) is 0 Å². The Balaban J connectivity index is 1.68. The molecule has 17 heavy (non-hydrogen) atoms. The summed E-state index contributed by atoms with van der Waals surface area (Å²) in [5, 5.41) is 8.26. The number of nitrogens with zero attached hydrogens (tertiary/aromatic N) is 1. The summed E-state index contributed by atoms with van der Waals surface area (Å²) in [4.78, 5) is 0. The number of nitrogens with one attached hydrogen (secondary N) is 2. The summed E-state index contributed by atoms with van der Waals surface area (Å²) < 4.78 is 5.74. The van der Waals surface area contributed by atoms with Crippen LogP contribution in [0.2, 0.25) is 0 Å². The fourth-order valence-corrected chi connectivity index (χ4v) is 3.09. The summed E-state index contributed by atoms with van der Waals surface area (Å²) in [6, 6.07) is 8.99. The molecular formula is C13H17N3S. The van der Waals surface area contributed by atoms with E-state index in [1.165, 1.54) is 29.3 Å². The highest BCUT2D eigenvalue weighted by molar-refractivity contribution is 7.13. The van der Waals surface area contributed by atoms with E-state index < -0.39 is 0 Å². The topological polar surface area (TPSA) is 37.0 Å². The molecule has 3 rings (SSSR count). The van der Waals surface area contributed by atoms with Crippen molar-refractivity contribution in [2.75, 3.05) is 18.4 Å². The predicted molar refractivity (Wildman–Crippen MR) is 73.8 cm³/mol. The molecule has 0 amide bonds. The molecular weight excluding hydrogens is 230 g/mol. The van der Waals surface area contributed by atoms with E-state index in [0.29, 0.717) is 6.04 Å². The molecule has 0 bridgehead atoms. The molecule has 4 heteroatoms. The van der Waals surface area contributed by atoms with E-state index in [0.717, 1.165) is 18.9 Å². The number of anilines is 1. The van der Waals surface area contributed by atoms with Crippen LogP contribution < -0.4 is 10.6 Å². The number of aromatic nitrogens is 1. The van der Waals surface area contributed by atoms with Crippen molar-refractivity contribution in [2.24, 2.45) is 0 Å². The fourth-order valence-electron chi connectivity index (χ4n) is 2.33. The van der Waals surface area contributed by atoms with Gasteiger partial charge in [-0.05, 0) is 43.1 Å². The normalized spacial score (nSPS) is 20.6. The third-order valence-corrected chi connectivity index (χ3v) is 4.13. The van der Waals surface area contributed by atoms with E-state index in [1.54, 1.807) is 11.5 Å². The Morgan fingerprint density at radius 3 is 3.18 bits per heavy atom. The van der Waals surface area contributed by atoms with Crippen molar-refractivity contribution in [3.63, 3.8) is 0 Å². The lowest BCUT2D eigenvalue weighted by Gasteiger charge is -2.23. The van der Waals surface area contributed by atoms with Gasteiger partial charge in [0.05, 0.1) is 4.70 Å². The SMILES string of the molecule is c1ccc2c(NCC3CCCCN3)nsc2c1. The molecule has 1 aromatic heterocycles. The number of hydrogen-bond acceptors (Lipinski definition) is 4. The summed E-state index contributed by atoms with van der Waals surface area (Å²) >= 11 is 1.57. The molecule has 2 heterocycles. The summed E-state index contributed by atoms with van der Waals surface area (Å²) in [7, 11) is 0. The van der Waals surface area contributed by atoms with Gasteiger partial charge in [0.15, 0.2) is 0 Å². The smallest absolute Gasteiger partial charge is 0.147 e. The van der Waals surface area contributed by atoms with Crippen molar-refractivity contribution in [1.82, 2.24) is 9.69 Å². The number of benzene rings is 1. The summed E-state index contributed by atoms with van der Waals surface area (Å²) in [5.74, 6) is 1.04. The van der Waals surface area contributed by atoms with Crippen molar-refractivity contribution in [1.29, 1.82) is 0 Å². The largest absolute Gasteiger partial charge is 0.367 e. The van der Waals surface area contributed by atoms with Gasteiger partial charge in [-0.25, -0.2) is 0 Å². The Morgan fingerprint density at radius 1 is 1.35 bits per heavy atom. The Bertz CT molecular complexity index is 488. The molecule has 1 atom stereocenters. The second-order valence-electron chi connectivity index (χ2n) is 4.56. The molecule has 0 saturated carbocycles. The molecule has 90 valence electrons. The number of fused-ring (bicyclic) bond motifs is 1. The highest BCUT2D eigenvalue weighted by Crippen LogP contribution is 2.26. The molecule has 0 radical (unpaired) electrons. The highest BCUT2D eigenvalue weighted by Gasteiger charge is 2.13. The van der Waals surface area contributed by atoms with Crippen LogP contribution in [-0.4, -0.2) is 23.5 Å². The zero-order valence-electron chi connectivity index (χ0n) is 9.78. The minimum absolute atomic E-state index is 0.601. The average Bonchev–Trinajstić information content (AvgIpc) is 2.81. The van der Waals surface area contributed by atoms with Gasteiger partial charge in [0.2, 0.25) is 0 Å². The first-order chi connectivity index (χ1) is 8.43. The van der Waals surface area contributed by atoms with Gasteiger partial charge in [-0.15, -0.1) is 0 Å². The van der Waals surface area contributed by atoms with Gasteiger partial charge in [-0.1, -0.05) is 18.6 Å². The van der Waals surface area contributed by atoms with Gasteiger partial charge in [0.1, 0.15) is 5.82 Å². The maximum absolute atomic E-state index is 4.48. The third-order valence-electron chi connectivity index (χ3n) is 3.31. The van der Waals surface area contributed by atoms with E-state index in [2.05, 4.69) is 39.3 Å². The Hall–Kier alpha value is -1.13. The predicted octanol–water partition coefficient (Wildman–Crippen LogP) is 2.85. The summed E-state index contributed by atoms with van der Waals surface area (Å²) in [6.45, 7) is 2.14. The first-order valence-corrected chi connectivity index (χ1v) is 7.02. The molecule has 1 aliphatic rings. The van der Waals surface area contributed by atoms with E-state index in [-0.39, 0.29) is 0 Å². The van der Waals surface area contributed by atoms with Crippen LogP contribution in [0.15, 0.2) is 24.3 Å². The maximum atomic E-state index is 4.48. The lowest BCUT2D eigenvalue weighted by Crippen LogP contribution is -2.39. The van der Waals surface area contributed by atoms with Crippen LogP contribution in [0.25, 0.3) is 10.1 Å². The van der Waals surface area contributed by atoms with Crippen LogP contribution >= 0.6 is 11.5 Å². The molecule has 0 spiro atoms. The molecule has 3 nitrogen and oxygen atoms in total. The zero-order valence-corrected chi connectivity index (χ0v) is 10.6. The molecule has 1 saturated heterocycles. The molecule has 0 aliphatic carbocycles. The van der Waals surface area contributed by atoms with Crippen molar-refractivity contribution >= 4 is 27.4 Å². The lowest BCUT2D eigenvalue weighted by molar-refractivity contribution is 0.414. The minimum atomic E-state index is 0.601. The highest BCUT2D eigenvalue weighted by atomic mass is 32.1. The minimum Gasteiger partial charge on any atom is -0.367 e. The second kappa shape index (κ2) is 5.02. The van der Waals surface area contributed by atoms with E-state index >= 15 is 0 Å². The number of rotatable bonds is 3. The van der Waals surface area contributed by atoms with Crippen LogP contribution in [0.4, 0.5) is 5.82 Å². The molecule has 2 aromatic rings. The van der Waals surface area contributed by atoms with E-state index in [1.807, 2.05) is 0 Å². The third kappa shape index (κ3) is 2.42. The molecule has 1 unspecified atom stereocenters. The van der Waals surface area contributed by atoms with Crippen LogP contribution in [0.5, 0.6) is 0 Å². The van der Waals surface area contributed by atoms with Crippen LogP contribution in [0.3, 0.4) is 0 Å². The number of piperidine rings is 1.